The minimum atomic E-state index is -2.80. The van der Waals surface area contributed by atoms with Crippen molar-refractivity contribution in [3.63, 3.8) is 0 Å². The molecule has 0 aliphatic heterocycles. The Hall–Kier alpha value is -1.78. The van der Waals surface area contributed by atoms with Crippen LogP contribution in [0.3, 0.4) is 0 Å². The number of benzene rings is 1. The molecule has 72 valence electrons. The van der Waals surface area contributed by atoms with E-state index in [0.29, 0.717) is 4.57 Å². The van der Waals surface area contributed by atoms with E-state index >= 15 is 0 Å². The van der Waals surface area contributed by atoms with Gasteiger partial charge < -0.3 is 0 Å². The Labute approximate surface area is 81.8 Å². The van der Waals surface area contributed by atoms with E-state index in [1.54, 1.807) is 0 Å². The summed E-state index contributed by atoms with van der Waals surface area (Å²) >= 11 is 0. The lowest BCUT2D eigenvalue weighted by molar-refractivity contribution is 0.516. The number of hydrogen-bond acceptors (Lipinski definition) is 2. The van der Waals surface area contributed by atoms with E-state index in [1.165, 1.54) is 0 Å². The number of nitrogens with zero attached hydrogens (tertiary/aromatic N) is 2. The van der Waals surface area contributed by atoms with Crippen LogP contribution in [-0.2, 0) is 6.98 Å². The molecule has 0 unspecified atom stereocenters. The summed E-state index contributed by atoms with van der Waals surface area (Å²) in [7, 11) is 0. The van der Waals surface area contributed by atoms with Crippen molar-refractivity contribution in [1.29, 1.82) is 0 Å². The maximum absolute atomic E-state index is 13.4. The van der Waals surface area contributed by atoms with Crippen molar-refractivity contribution < 1.29 is 12.9 Å². The largest absolute Gasteiger partial charge is 0.347 e. The quantitative estimate of drug-likeness (QED) is 0.639. The normalized spacial score (nSPS) is 14.9. The number of rotatable bonds is 0. The molecule has 0 aliphatic carbocycles. The first kappa shape index (κ1) is 5.85. The van der Waals surface area contributed by atoms with E-state index < -0.39 is 24.3 Å². The number of fused-ring (bicyclic) bond motifs is 1. The Bertz CT molecular complexity index is 651. The van der Waals surface area contributed by atoms with Crippen molar-refractivity contribution in [2.24, 2.45) is 6.98 Å². The maximum Gasteiger partial charge on any atom is 0.347 e. The van der Waals surface area contributed by atoms with Crippen molar-refractivity contribution >= 4 is 10.9 Å². The van der Waals surface area contributed by atoms with Gasteiger partial charge in [0.15, 0.2) is 11.6 Å². The monoisotopic (exact) mass is 199 g/mol. The van der Waals surface area contributed by atoms with Crippen LogP contribution in [-0.4, -0.2) is 9.55 Å². The van der Waals surface area contributed by atoms with Gasteiger partial charge in [0, 0.05) is 17.3 Å². The second kappa shape index (κ2) is 2.87. The highest BCUT2D eigenvalue weighted by molar-refractivity contribution is 5.78. The van der Waals surface area contributed by atoms with Crippen molar-refractivity contribution in [3.8, 4) is 0 Å². The van der Waals surface area contributed by atoms with Crippen LogP contribution in [0.15, 0.2) is 23.1 Å². The first-order chi connectivity index (χ1) is 7.82. The third-order valence-corrected chi connectivity index (χ3v) is 1.85. The Morgan fingerprint density at radius 3 is 3.00 bits per heavy atom. The molecule has 0 bridgehead atoms. The van der Waals surface area contributed by atoms with Crippen LogP contribution in [0.1, 0.15) is 4.11 Å². The zero-order valence-corrected chi connectivity index (χ0v) is 6.79. The molecule has 0 amide bonds. The second-order valence-corrected chi connectivity index (χ2v) is 2.67. The average molecular weight is 199 g/mol. The average Bonchev–Trinajstić information content (AvgIpc) is 2.21. The molecule has 1 aromatic carbocycles. The van der Waals surface area contributed by atoms with E-state index in [4.69, 9.17) is 4.11 Å². The summed E-state index contributed by atoms with van der Waals surface area (Å²) in [4.78, 5) is 14.6. The van der Waals surface area contributed by atoms with Crippen LogP contribution in [0.5, 0.6) is 0 Å². The van der Waals surface area contributed by atoms with Crippen LogP contribution >= 0.6 is 0 Å². The van der Waals surface area contributed by atoms with Gasteiger partial charge in [0.1, 0.15) is 0 Å². The van der Waals surface area contributed by atoms with Gasteiger partial charge in [-0.1, -0.05) is 0 Å². The molecular formula is C9H6F2N2O. The van der Waals surface area contributed by atoms with E-state index in [-0.39, 0.29) is 10.9 Å². The van der Waals surface area contributed by atoms with Crippen LogP contribution < -0.4 is 5.69 Å². The smallest absolute Gasteiger partial charge is 0.295 e. The van der Waals surface area contributed by atoms with Crippen LogP contribution in [0, 0.1) is 11.6 Å². The molecule has 1 aromatic heterocycles. The first-order valence-corrected chi connectivity index (χ1v) is 3.68. The maximum atomic E-state index is 13.4. The first-order valence-electron chi connectivity index (χ1n) is 5.18. The number of aryl methyl sites for hydroxylation is 1. The third-order valence-electron chi connectivity index (χ3n) is 1.85. The molecular weight excluding hydrogens is 190 g/mol. The molecule has 3 nitrogen and oxygen atoms in total. The third kappa shape index (κ3) is 1.09. The fraction of sp³-hybridized carbons (Fsp3) is 0.111. The Morgan fingerprint density at radius 2 is 2.29 bits per heavy atom. The standard InChI is InChI=1S/C9H6F2N2O/c1-13-7-3-2-6(10)8(11)5(7)4-12-9(13)14/h2-4H,1H3/i1D3. The molecule has 14 heavy (non-hydrogen) atoms. The zero-order valence-electron chi connectivity index (χ0n) is 9.79. The van der Waals surface area contributed by atoms with E-state index in [0.717, 1.165) is 18.3 Å². The molecule has 0 aliphatic rings. The van der Waals surface area contributed by atoms with Crippen molar-refractivity contribution in [2.45, 2.75) is 0 Å². The highest BCUT2D eigenvalue weighted by atomic mass is 19.2. The van der Waals surface area contributed by atoms with Gasteiger partial charge in [0.05, 0.1) is 10.9 Å². The SMILES string of the molecule is [2H]C([2H])([2H])n1c(=O)ncc2c(F)c(F)ccc21. The molecule has 0 saturated heterocycles. The molecule has 0 fully saturated rings. The van der Waals surface area contributed by atoms with Gasteiger partial charge in [-0.05, 0) is 12.1 Å². The highest BCUT2D eigenvalue weighted by Crippen LogP contribution is 2.17. The van der Waals surface area contributed by atoms with E-state index in [9.17, 15) is 13.6 Å². The molecule has 0 spiro atoms. The summed E-state index contributed by atoms with van der Waals surface area (Å²) in [6.45, 7) is -2.80. The van der Waals surface area contributed by atoms with Crippen LogP contribution in [0.4, 0.5) is 8.78 Å². The molecule has 0 radical (unpaired) electrons. The zero-order chi connectivity index (χ0) is 12.8. The summed E-state index contributed by atoms with van der Waals surface area (Å²) in [5.41, 5.74) is -1.26. The lowest BCUT2D eigenvalue weighted by Gasteiger charge is -2.03. The fourth-order valence-electron chi connectivity index (χ4n) is 1.15. The Morgan fingerprint density at radius 1 is 1.50 bits per heavy atom. The molecule has 0 saturated carbocycles. The minimum absolute atomic E-state index is 0.219. The van der Waals surface area contributed by atoms with Gasteiger partial charge in [-0.15, -0.1) is 0 Å². The lowest BCUT2D eigenvalue weighted by Crippen LogP contribution is -2.19. The Kier molecular flexibility index (Phi) is 1.20. The van der Waals surface area contributed by atoms with Gasteiger partial charge in [0.25, 0.3) is 0 Å². The van der Waals surface area contributed by atoms with Crippen molar-refractivity contribution in [1.82, 2.24) is 9.55 Å². The van der Waals surface area contributed by atoms with Gasteiger partial charge in [-0.25, -0.2) is 18.6 Å². The van der Waals surface area contributed by atoms with Gasteiger partial charge >= 0.3 is 5.69 Å². The van der Waals surface area contributed by atoms with E-state index in [2.05, 4.69) is 4.98 Å². The predicted octanol–water partition coefficient (Wildman–Crippen LogP) is 1.21. The molecule has 1 heterocycles. The summed E-state index contributed by atoms with van der Waals surface area (Å²) in [5.74, 6) is -2.36. The summed E-state index contributed by atoms with van der Waals surface area (Å²) in [6, 6.07) is 1.79. The highest BCUT2D eigenvalue weighted by Gasteiger charge is 2.09. The molecule has 5 heteroatoms. The number of aromatic nitrogens is 2. The predicted molar refractivity (Wildman–Crippen MR) is 46.9 cm³/mol. The van der Waals surface area contributed by atoms with Gasteiger partial charge in [-0.3, -0.25) is 4.57 Å². The minimum Gasteiger partial charge on any atom is -0.295 e. The second-order valence-electron chi connectivity index (χ2n) is 2.67. The lowest BCUT2D eigenvalue weighted by atomic mass is 10.2. The topological polar surface area (TPSA) is 34.9 Å². The fourth-order valence-corrected chi connectivity index (χ4v) is 1.15. The van der Waals surface area contributed by atoms with Crippen molar-refractivity contribution in [3.05, 3.63) is 40.4 Å². The Balaban J connectivity index is 2.98. The molecule has 0 atom stereocenters. The van der Waals surface area contributed by atoms with E-state index in [1.807, 2.05) is 0 Å². The summed E-state index contributed by atoms with van der Waals surface area (Å²) < 4.78 is 48.2. The summed E-state index contributed by atoms with van der Waals surface area (Å²) in [5, 5.41) is -0.347. The summed E-state index contributed by atoms with van der Waals surface area (Å²) in [6.07, 6.45) is 0.818. The van der Waals surface area contributed by atoms with Crippen LogP contribution in [0.2, 0.25) is 0 Å². The van der Waals surface area contributed by atoms with Crippen molar-refractivity contribution in [2.75, 3.05) is 0 Å². The van der Waals surface area contributed by atoms with Gasteiger partial charge in [-0.2, -0.15) is 0 Å². The molecule has 2 aromatic rings. The molecule has 0 N–H and O–H groups in total. The number of halogens is 2. The number of hydrogen-bond donors (Lipinski definition) is 0. The van der Waals surface area contributed by atoms with Gasteiger partial charge in [0.2, 0.25) is 0 Å². The van der Waals surface area contributed by atoms with Crippen LogP contribution in [0.25, 0.3) is 10.9 Å². The molecule has 2 rings (SSSR count).